The number of hydrogen-bond acceptors (Lipinski definition) is 6. The van der Waals surface area contributed by atoms with Gasteiger partial charge in [-0.15, -0.1) is 0 Å². The summed E-state index contributed by atoms with van der Waals surface area (Å²) in [6.07, 6.45) is 0.619. The van der Waals surface area contributed by atoms with Crippen molar-refractivity contribution in [3.63, 3.8) is 0 Å². The second-order valence-corrected chi connectivity index (χ2v) is 6.70. The topological polar surface area (TPSA) is 111 Å². The summed E-state index contributed by atoms with van der Waals surface area (Å²) in [6, 6.07) is 13.5. The van der Waals surface area contributed by atoms with E-state index in [4.69, 9.17) is 9.47 Å². The molecule has 0 aliphatic heterocycles. The number of carbonyl (C=O) groups excluding carboxylic acids is 4. The molecule has 31 heavy (non-hydrogen) atoms. The van der Waals surface area contributed by atoms with E-state index < -0.39 is 18.5 Å². The first-order valence-electron chi connectivity index (χ1n) is 9.97. The van der Waals surface area contributed by atoms with Gasteiger partial charge in [0.05, 0.1) is 17.9 Å². The lowest BCUT2D eigenvalue weighted by Crippen LogP contribution is -2.30. The molecule has 0 saturated carbocycles. The zero-order valence-corrected chi connectivity index (χ0v) is 17.6. The molecule has 0 radical (unpaired) electrons. The average molecular weight is 426 g/mol. The normalized spacial score (nSPS) is 10.1. The molecule has 2 amide bonds. The van der Waals surface area contributed by atoms with Crippen LogP contribution in [0.4, 0.5) is 5.69 Å². The van der Waals surface area contributed by atoms with E-state index in [-0.39, 0.29) is 36.1 Å². The summed E-state index contributed by atoms with van der Waals surface area (Å²) in [7, 11) is 0. The Bertz CT molecular complexity index is 941. The molecule has 164 valence electrons. The summed E-state index contributed by atoms with van der Waals surface area (Å²) in [5, 5.41) is 5.27. The van der Waals surface area contributed by atoms with Crippen LogP contribution in [-0.4, -0.2) is 43.5 Å². The van der Waals surface area contributed by atoms with Gasteiger partial charge in [-0.3, -0.25) is 14.4 Å². The van der Waals surface area contributed by atoms with Gasteiger partial charge in [-0.05, 0) is 44.5 Å². The minimum absolute atomic E-state index is 0.138. The summed E-state index contributed by atoms with van der Waals surface area (Å²) in [4.78, 5) is 48.0. The maximum atomic E-state index is 12.5. The minimum Gasteiger partial charge on any atom is -0.466 e. The largest absolute Gasteiger partial charge is 0.466 e. The molecule has 0 aromatic heterocycles. The van der Waals surface area contributed by atoms with Gasteiger partial charge >= 0.3 is 11.9 Å². The minimum atomic E-state index is -0.734. The van der Waals surface area contributed by atoms with E-state index in [1.807, 2.05) is 13.0 Å². The molecule has 0 spiro atoms. The Balaban J connectivity index is 1.86. The van der Waals surface area contributed by atoms with E-state index in [0.29, 0.717) is 18.6 Å². The predicted molar refractivity (Wildman–Crippen MR) is 115 cm³/mol. The monoisotopic (exact) mass is 426 g/mol. The van der Waals surface area contributed by atoms with Gasteiger partial charge in [-0.1, -0.05) is 29.8 Å². The maximum absolute atomic E-state index is 12.5. The van der Waals surface area contributed by atoms with Crippen molar-refractivity contribution in [2.45, 2.75) is 26.7 Å². The SMILES string of the molecule is CCOC(=O)CCCNC(=O)COC(=O)c1ccccc1NC(=O)c1cccc(C)c1. The van der Waals surface area contributed by atoms with E-state index >= 15 is 0 Å². The van der Waals surface area contributed by atoms with Crippen molar-refractivity contribution in [1.82, 2.24) is 5.32 Å². The van der Waals surface area contributed by atoms with E-state index in [9.17, 15) is 19.2 Å². The number of para-hydroxylation sites is 1. The molecule has 0 heterocycles. The lowest BCUT2D eigenvalue weighted by atomic mass is 10.1. The molecule has 8 nitrogen and oxygen atoms in total. The Morgan fingerprint density at radius 3 is 2.48 bits per heavy atom. The third kappa shape index (κ3) is 7.93. The number of ether oxygens (including phenoxy) is 2. The summed E-state index contributed by atoms with van der Waals surface area (Å²) in [6.45, 7) is 3.70. The number of esters is 2. The predicted octanol–water partition coefficient (Wildman–Crippen LogP) is 2.86. The Morgan fingerprint density at radius 1 is 0.968 bits per heavy atom. The van der Waals surface area contributed by atoms with Crippen molar-refractivity contribution < 1.29 is 28.7 Å². The number of amides is 2. The highest BCUT2D eigenvalue weighted by atomic mass is 16.5. The second kappa shape index (κ2) is 12.1. The van der Waals surface area contributed by atoms with Crippen LogP contribution in [0, 0.1) is 6.92 Å². The lowest BCUT2D eigenvalue weighted by Gasteiger charge is -2.11. The molecule has 2 N–H and O–H groups in total. The van der Waals surface area contributed by atoms with Crippen LogP contribution >= 0.6 is 0 Å². The fourth-order valence-electron chi connectivity index (χ4n) is 2.70. The first-order chi connectivity index (χ1) is 14.9. The third-order valence-electron chi connectivity index (χ3n) is 4.19. The molecular weight excluding hydrogens is 400 g/mol. The third-order valence-corrected chi connectivity index (χ3v) is 4.19. The number of aryl methyl sites for hydroxylation is 1. The van der Waals surface area contributed by atoms with Crippen LogP contribution in [0.15, 0.2) is 48.5 Å². The maximum Gasteiger partial charge on any atom is 0.340 e. The Labute approximate surface area is 180 Å². The molecule has 0 saturated heterocycles. The molecule has 8 heteroatoms. The van der Waals surface area contributed by atoms with Crippen LogP contribution in [0.2, 0.25) is 0 Å². The first-order valence-corrected chi connectivity index (χ1v) is 9.97. The lowest BCUT2D eigenvalue weighted by molar-refractivity contribution is -0.143. The van der Waals surface area contributed by atoms with Crippen LogP contribution in [0.3, 0.4) is 0 Å². The quantitative estimate of drug-likeness (QED) is 0.446. The van der Waals surface area contributed by atoms with Crippen LogP contribution in [-0.2, 0) is 19.1 Å². The Hall–Kier alpha value is -3.68. The molecule has 0 bridgehead atoms. The molecule has 0 unspecified atom stereocenters. The molecule has 0 aliphatic carbocycles. The van der Waals surface area contributed by atoms with E-state index in [1.165, 1.54) is 6.07 Å². The van der Waals surface area contributed by atoms with Crippen LogP contribution in [0.25, 0.3) is 0 Å². The van der Waals surface area contributed by atoms with Gasteiger partial charge in [-0.2, -0.15) is 0 Å². The molecule has 0 fully saturated rings. The Morgan fingerprint density at radius 2 is 1.74 bits per heavy atom. The number of nitrogens with one attached hydrogen (secondary N) is 2. The van der Waals surface area contributed by atoms with Crippen LogP contribution in [0.5, 0.6) is 0 Å². The summed E-state index contributed by atoms with van der Waals surface area (Å²) in [5.74, 6) is -1.91. The number of rotatable bonds is 10. The van der Waals surface area contributed by atoms with Gasteiger partial charge in [0.2, 0.25) is 0 Å². The zero-order valence-electron chi connectivity index (χ0n) is 17.6. The van der Waals surface area contributed by atoms with E-state index in [0.717, 1.165) is 5.56 Å². The van der Waals surface area contributed by atoms with Crippen LogP contribution in [0.1, 0.15) is 46.0 Å². The van der Waals surface area contributed by atoms with Crippen molar-refractivity contribution >= 4 is 29.4 Å². The molecule has 0 aliphatic rings. The van der Waals surface area contributed by atoms with E-state index in [2.05, 4.69) is 10.6 Å². The summed E-state index contributed by atoms with van der Waals surface area (Å²) < 4.78 is 9.86. The van der Waals surface area contributed by atoms with Gasteiger partial charge < -0.3 is 20.1 Å². The number of carbonyl (C=O) groups is 4. The zero-order chi connectivity index (χ0) is 22.6. The summed E-state index contributed by atoms with van der Waals surface area (Å²) >= 11 is 0. The van der Waals surface area contributed by atoms with Crippen molar-refractivity contribution in [2.75, 3.05) is 25.1 Å². The fourth-order valence-corrected chi connectivity index (χ4v) is 2.70. The standard InChI is InChI=1S/C23H26N2O6/c1-3-30-21(27)12-7-13-24-20(26)15-31-23(29)18-10-4-5-11-19(18)25-22(28)17-9-6-8-16(2)14-17/h4-6,8-11,14H,3,7,12-13,15H2,1-2H3,(H,24,26)(H,25,28). The van der Waals surface area contributed by atoms with Crippen molar-refractivity contribution in [2.24, 2.45) is 0 Å². The van der Waals surface area contributed by atoms with Crippen molar-refractivity contribution in [3.8, 4) is 0 Å². The first kappa shape index (κ1) is 23.6. The van der Waals surface area contributed by atoms with Crippen molar-refractivity contribution in [3.05, 3.63) is 65.2 Å². The van der Waals surface area contributed by atoms with Crippen molar-refractivity contribution in [1.29, 1.82) is 0 Å². The molecule has 2 aromatic rings. The smallest absolute Gasteiger partial charge is 0.340 e. The number of benzene rings is 2. The van der Waals surface area contributed by atoms with Gasteiger partial charge in [0.1, 0.15) is 0 Å². The van der Waals surface area contributed by atoms with Gasteiger partial charge in [-0.25, -0.2) is 4.79 Å². The molecule has 2 rings (SSSR count). The average Bonchev–Trinajstić information content (AvgIpc) is 2.75. The highest BCUT2D eigenvalue weighted by molar-refractivity contribution is 6.08. The highest BCUT2D eigenvalue weighted by Crippen LogP contribution is 2.18. The summed E-state index contributed by atoms with van der Waals surface area (Å²) in [5.41, 5.74) is 1.83. The fraction of sp³-hybridized carbons (Fsp3) is 0.304. The molecule has 2 aromatic carbocycles. The molecular formula is C23H26N2O6. The van der Waals surface area contributed by atoms with Gasteiger partial charge in [0.15, 0.2) is 6.61 Å². The van der Waals surface area contributed by atoms with E-state index in [1.54, 1.807) is 43.3 Å². The second-order valence-electron chi connectivity index (χ2n) is 6.70. The molecule has 0 atom stereocenters. The highest BCUT2D eigenvalue weighted by Gasteiger charge is 2.16. The Kier molecular flexibility index (Phi) is 9.22. The number of hydrogen-bond donors (Lipinski definition) is 2. The van der Waals surface area contributed by atoms with Gasteiger partial charge in [0, 0.05) is 18.5 Å². The van der Waals surface area contributed by atoms with Crippen LogP contribution < -0.4 is 10.6 Å². The number of anilines is 1. The van der Waals surface area contributed by atoms with Gasteiger partial charge in [0.25, 0.3) is 11.8 Å².